The molecule has 0 aliphatic heterocycles. The molecule has 7 heteroatoms. The Morgan fingerprint density at radius 1 is 1.30 bits per heavy atom. The van der Waals surface area contributed by atoms with Gasteiger partial charge in [-0.15, -0.1) is 0 Å². The number of ether oxygens (including phenoxy) is 1. The van der Waals surface area contributed by atoms with E-state index >= 15 is 0 Å². The fourth-order valence-corrected chi connectivity index (χ4v) is 1.71. The molecule has 0 spiro atoms. The lowest BCUT2D eigenvalue weighted by Gasteiger charge is -2.09. The van der Waals surface area contributed by atoms with Gasteiger partial charge in [0, 0.05) is 11.8 Å². The van der Waals surface area contributed by atoms with E-state index in [1.807, 2.05) is 13.8 Å². The molecule has 0 saturated heterocycles. The third kappa shape index (κ3) is 2.82. The Hall–Kier alpha value is -2.70. The van der Waals surface area contributed by atoms with Crippen LogP contribution >= 0.6 is 0 Å². The predicted molar refractivity (Wildman–Crippen MR) is 73.7 cm³/mol. The van der Waals surface area contributed by atoms with Crippen molar-refractivity contribution in [2.24, 2.45) is 0 Å². The van der Waals surface area contributed by atoms with E-state index in [0.29, 0.717) is 17.9 Å². The molecule has 0 amide bonds. The topological polar surface area (TPSA) is 104 Å². The molecule has 0 saturated carbocycles. The van der Waals surface area contributed by atoms with Crippen molar-refractivity contribution in [3.05, 3.63) is 45.8 Å². The highest BCUT2D eigenvalue weighted by atomic mass is 16.6. The summed E-state index contributed by atoms with van der Waals surface area (Å²) in [5, 5.41) is 11.0. The summed E-state index contributed by atoms with van der Waals surface area (Å²) in [5.41, 5.74) is 6.87. The Bertz CT molecular complexity index is 658. The molecule has 0 aliphatic carbocycles. The number of nitro groups is 1. The van der Waals surface area contributed by atoms with Gasteiger partial charge in [-0.2, -0.15) is 4.98 Å². The van der Waals surface area contributed by atoms with Crippen molar-refractivity contribution in [3.63, 3.8) is 0 Å². The zero-order chi connectivity index (χ0) is 14.7. The van der Waals surface area contributed by atoms with Crippen molar-refractivity contribution in [3.8, 4) is 11.6 Å². The number of rotatable bonds is 4. The van der Waals surface area contributed by atoms with Crippen LogP contribution in [0.5, 0.6) is 11.6 Å². The molecule has 2 heterocycles. The first-order valence-electron chi connectivity index (χ1n) is 6.06. The van der Waals surface area contributed by atoms with Gasteiger partial charge in [0.1, 0.15) is 5.82 Å². The SMILES string of the molecule is CCc1nc(C)ccc1Oc1nc(N)ccc1[N+](=O)[O-]. The van der Waals surface area contributed by atoms with E-state index in [9.17, 15) is 10.1 Å². The molecule has 2 N–H and O–H groups in total. The Morgan fingerprint density at radius 2 is 2.05 bits per heavy atom. The highest BCUT2D eigenvalue weighted by Crippen LogP contribution is 2.31. The van der Waals surface area contributed by atoms with Gasteiger partial charge in [0.25, 0.3) is 0 Å². The zero-order valence-corrected chi connectivity index (χ0v) is 11.2. The van der Waals surface area contributed by atoms with Crippen LogP contribution in [0.2, 0.25) is 0 Å². The highest BCUT2D eigenvalue weighted by molar-refractivity contribution is 5.49. The average molecular weight is 274 g/mol. The summed E-state index contributed by atoms with van der Waals surface area (Å²) in [5.74, 6) is 0.471. The number of nitrogens with zero attached hydrogens (tertiary/aromatic N) is 3. The van der Waals surface area contributed by atoms with Gasteiger partial charge in [-0.05, 0) is 31.5 Å². The normalized spacial score (nSPS) is 10.3. The number of aromatic nitrogens is 2. The fourth-order valence-electron chi connectivity index (χ4n) is 1.71. The van der Waals surface area contributed by atoms with E-state index in [4.69, 9.17) is 10.5 Å². The van der Waals surface area contributed by atoms with Crippen LogP contribution in [0.1, 0.15) is 18.3 Å². The second-order valence-electron chi connectivity index (χ2n) is 4.17. The van der Waals surface area contributed by atoms with Crippen molar-refractivity contribution < 1.29 is 9.66 Å². The minimum atomic E-state index is -0.561. The molecule has 0 bridgehead atoms. The zero-order valence-electron chi connectivity index (χ0n) is 11.2. The third-order valence-corrected chi connectivity index (χ3v) is 2.67. The van der Waals surface area contributed by atoms with Crippen molar-refractivity contribution in [1.29, 1.82) is 0 Å². The van der Waals surface area contributed by atoms with Gasteiger partial charge in [0.15, 0.2) is 5.75 Å². The minimum Gasteiger partial charge on any atom is -0.432 e. The number of anilines is 1. The summed E-state index contributed by atoms with van der Waals surface area (Å²) in [6, 6.07) is 6.12. The maximum atomic E-state index is 11.0. The summed E-state index contributed by atoms with van der Waals surface area (Å²) in [6.45, 7) is 3.79. The van der Waals surface area contributed by atoms with Crippen LogP contribution < -0.4 is 10.5 Å². The molecule has 20 heavy (non-hydrogen) atoms. The van der Waals surface area contributed by atoms with Crippen molar-refractivity contribution in [2.45, 2.75) is 20.3 Å². The van der Waals surface area contributed by atoms with Crippen LogP contribution in [0.3, 0.4) is 0 Å². The molecule has 7 nitrogen and oxygen atoms in total. The molecule has 0 radical (unpaired) electrons. The number of hydrogen-bond donors (Lipinski definition) is 1. The Balaban J connectivity index is 2.44. The first kappa shape index (κ1) is 13.7. The monoisotopic (exact) mass is 274 g/mol. The largest absolute Gasteiger partial charge is 0.432 e. The predicted octanol–water partition coefficient (Wildman–Crippen LogP) is 2.63. The molecule has 2 rings (SSSR count). The van der Waals surface area contributed by atoms with Gasteiger partial charge in [-0.25, -0.2) is 0 Å². The van der Waals surface area contributed by atoms with E-state index in [0.717, 1.165) is 5.69 Å². The standard InChI is InChI=1S/C13H14N4O3/c1-3-9-11(6-4-8(2)15-9)20-13-10(17(18)19)5-7-12(14)16-13/h4-7H,3H2,1-2H3,(H2,14,16). The number of nitrogens with two attached hydrogens (primary N) is 1. The van der Waals surface area contributed by atoms with Crippen LogP contribution in [0.4, 0.5) is 11.5 Å². The lowest BCUT2D eigenvalue weighted by Crippen LogP contribution is -2.01. The van der Waals surface area contributed by atoms with E-state index in [1.165, 1.54) is 12.1 Å². The molecule has 0 fully saturated rings. The van der Waals surface area contributed by atoms with Crippen molar-refractivity contribution >= 4 is 11.5 Å². The van der Waals surface area contributed by atoms with Gasteiger partial charge in [0.05, 0.1) is 10.6 Å². The van der Waals surface area contributed by atoms with Crippen LogP contribution in [0, 0.1) is 17.0 Å². The van der Waals surface area contributed by atoms with E-state index in [-0.39, 0.29) is 17.4 Å². The lowest BCUT2D eigenvalue weighted by molar-refractivity contribution is -0.386. The molecule has 2 aromatic heterocycles. The van der Waals surface area contributed by atoms with Gasteiger partial charge < -0.3 is 10.5 Å². The summed E-state index contributed by atoms with van der Waals surface area (Å²) in [6.07, 6.45) is 0.646. The molecule has 0 atom stereocenters. The van der Waals surface area contributed by atoms with Gasteiger partial charge >= 0.3 is 11.6 Å². The second-order valence-corrected chi connectivity index (χ2v) is 4.17. The van der Waals surface area contributed by atoms with E-state index < -0.39 is 4.92 Å². The van der Waals surface area contributed by atoms with Crippen LogP contribution in [0.25, 0.3) is 0 Å². The van der Waals surface area contributed by atoms with Crippen LogP contribution in [-0.4, -0.2) is 14.9 Å². The maximum absolute atomic E-state index is 11.0. The molecule has 0 aromatic carbocycles. The van der Waals surface area contributed by atoms with E-state index in [1.54, 1.807) is 12.1 Å². The molecule has 104 valence electrons. The number of nitrogen functional groups attached to an aromatic ring is 1. The average Bonchev–Trinajstić information content (AvgIpc) is 2.40. The molecule has 0 aliphatic rings. The Labute approximate surface area is 115 Å². The highest BCUT2D eigenvalue weighted by Gasteiger charge is 2.19. The first-order chi connectivity index (χ1) is 9.51. The number of hydrogen-bond acceptors (Lipinski definition) is 6. The van der Waals surface area contributed by atoms with Crippen molar-refractivity contribution in [2.75, 3.05) is 5.73 Å². The molecular weight excluding hydrogens is 260 g/mol. The Morgan fingerprint density at radius 3 is 2.70 bits per heavy atom. The smallest absolute Gasteiger partial charge is 0.331 e. The number of aryl methyl sites for hydroxylation is 2. The van der Waals surface area contributed by atoms with Gasteiger partial charge in [-0.3, -0.25) is 15.1 Å². The van der Waals surface area contributed by atoms with Gasteiger partial charge in [0.2, 0.25) is 0 Å². The fraction of sp³-hybridized carbons (Fsp3) is 0.231. The summed E-state index contributed by atoms with van der Waals surface area (Å²) in [7, 11) is 0. The summed E-state index contributed by atoms with van der Waals surface area (Å²) < 4.78 is 5.53. The van der Waals surface area contributed by atoms with Crippen LogP contribution in [0.15, 0.2) is 24.3 Å². The summed E-state index contributed by atoms with van der Waals surface area (Å²) in [4.78, 5) is 18.6. The maximum Gasteiger partial charge on any atom is 0.331 e. The lowest BCUT2D eigenvalue weighted by atomic mass is 10.2. The molecular formula is C13H14N4O3. The van der Waals surface area contributed by atoms with Crippen LogP contribution in [-0.2, 0) is 6.42 Å². The molecule has 2 aromatic rings. The quantitative estimate of drug-likeness (QED) is 0.678. The minimum absolute atomic E-state index is 0.129. The van der Waals surface area contributed by atoms with E-state index in [2.05, 4.69) is 9.97 Å². The van der Waals surface area contributed by atoms with Gasteiger partial charge in [-0.1, -0.05) is 6.92 Å². The molecule has 0 unspecified atom stereocenters. The number of pyridine rings is 2. The second kappa shape index (κ2) is 5.52. The Kier molecular flexibility index (Phi) is 3.79. The first-order valence-corrected chi connectivity index (χ1v) is 6.06. The van der Waals surface area contributed by atoms with Crippen molar-refractivity contribution in [1.82, 2.24) is 9.97 Å². The third-order valence-electron chi connectivity index (χ3n) is 2.67. The summed E-state index contributed by atoms with van der Waals surface area (Å²) >= 11 is 0.